The largest absolute Gasteiger partial charge is 0.471 e. The number of carbonyl (C=O) groups is 2. The van der Waals surface area contributed by atoms with Crippen molar-refractivity contribution in [2.45, 2.75) is 73.9 Å². The number of amides is 1. The molecule has 8 heteroatoms. The first-order valence-electron chi connectivity index (χ1n) is 11.8. The van der Waals surface area contributed by atoms with Crippen LogP contribution in [0.1, 0.15) is 68.7 Å². The van der Waals surface area contributed by atoms with Crippen LogP contribution in [-0.2, 0) is 22.6 Å². The molecule has 1 amide bonds. The number of carbonyl (C=O) groups excluding carboxylic acids is 2. The number of anilines is 1. The van der Waals surface area contributed by atoms with E-state index in [1.165, 1.54) is 20.0 Å². The summed E-state index contributed by atoms with van der Waals surface area (Å²) in [6.45, 7) is 14.0. The van der Waals surface area contributed by atoms with E-state index in [2.05, 4.69) is 59.1 Å². The van der Waals surface area contributed by atoms with Gasteiger partial charge in [-0.1, -0.05) is 51.8 Å². The lowest BCUT2D eigenvalue weighted by atomic mass is 10.2. The number of allylic oxidation sites excluding steroid dienone is 2. The number of unbranched alkanes of at least 4 members (excludes halogenated alkanes) is 1. The summed E-state index contributed by atoms with van der Waals surface area (Å²) < 4.78 is 7.59. The van der Waals surface area contributed by atoms with Crippen molar-refractivity contribution in [3.8, 4) is 0 Å². The molecular formula is C26H39N5O3. The van der Waals surface area contributed by atoms with Crippen LogP contribution in [0.5, 0.6) is 0 Å². The molecule has 3 aromatic rings. The third kappa shape index (κ3) is 8.50. The van der Waals surface area contributed by atoms with Gasteiger partial charge in [-0.15, -0.1) is 0 Å². The lowest BCUT2D eigenvalue weighted by Gasteiger charge is -2.09. The number of aromatic nitrogens is 4. The van der Waals surface area contributed by atoms with Gasteiger partial charge in [0.05, 0.1) is 23.8 Å². The summed E-state index contributed by atoms with van der Waals surface area (Å²) in [5.74, 6) is 0.359. The van der Waals surface area contributed by atoms with Crippen LogP contribution in [-0.4, -0.2) is 38.8 Å². The fraction of sp³-hybridized carbons (Fsp3) is 0.462. The zero-order chi connectivity index (χ0) is 25.5. The topological polar surface area (TPSA) is 91.0 Å². The van der Waals surface area contributed by atoms with Gasteiger partial charge in [0.2, 0.25) is 5.95 Å². The molecule has 2 heterocycles. The van der Waals surface area contributed by atoms with Crippen molar-refractivity contribution in [3.05, 3.63) is 53.4 Å². The smallest absolute Gasteiger partial charge is 0.292 e. The van der Waals surface area contributed by atoms with E-state index in [-0.39, 0.29) is 5.91 Å². The minimum atomic E-state index is -0.194. The highest BCUT2D eigenvalue weighted by Crippen LogP contribution is 2.22. The Bertz CT molecular complexity index is 1060. The quantitative estimate of drug-likeness (QED) is 0.338. The van der Waals surface area contributed by atoms with E-state index in [1.807, 2.05) is 37.5 Å². The summed E-state index contributed by atoms with van der Waals surface area (Å²) >= 11 is 0. The highest BCUT2D eigenvalue weighted by Gasteiger charge is 2.17. The minimum absolute atomic E-state index is 0.194. The maximum absolute atomic E-state index is 12.8. The van der Waals surface area contributed by atoms with Crippen molar-refractivity contribution in [1.82, 2.24) is 19.3 Å². The zero-order valence-electron chi connectivity index (χ0n) is 21.6. The van der Waals surface area contributed by atoms with Crippen LogP contribution in [0.15, 0.2) is 36.4 Å². The third-order valence-electron chi connectivity index (χ3n) is 4.85. The number of nitrogens with one attached hydrogen (secondary N) is 1. The van der Waals surface area contributed by atoms with Crippen molar-refractivity contribution in [3.63, 3.8) is 0 Å². The minimum Gasteiger partial charge on any atom is -0.471 e. The number of rotatable bonds is 8. The first-order valence-corrected chi connectivity index (χ1v) is 11.8. The zero-order valence-corrected chi connectivity index (χ0v) is 21.6. The van der Waals surface area contributed by atoms with Gasteiger partial charge in [-0.25, -0.2) is 4.98 Å². The summed E-state index contributed by atoms with van der Waals surface area (Å²) in [7, 11) is 1.31. The first kappa shape index (κ1) is 28.6. The van der Waals surface area contributed by atoms with E-state index < -0.39 is 0 Å². The number of benzene rings is 1. The number of hydrogen-bond acceptors (Lipinski definition) is 5. The summed E-state index contributed by atoms with van der Waals surface area (Å²) in [5.41, 5.74) is 4.40. The molecule has 3 rings (SSSR count). The molecule has 0 unspecified atom stereocenters. The molecule has 1 N–H and O–H groups in total. The van der Waals surface area contributed by atoms with Gasteiger partial charge in [0, 0.05) is 13.1 Å². The molecule has 0 aliphatic carbocycles. The number of aryl methyl sites for hydroxylation is 3. The predicted molar refractivity (Wildman–Crippen MR) is 138 cm³/mol. The van der Waals surface area contributed by atoms with Gasteiger partial charge in [0.15, 0.2) is 0 Å². The van der Waals surface area contributed by atoms with Gasteiger partial charge in [-0.2, -0.15) is 5.10 Å². The van der Waals surface area contributed by atoms with E-state index >= 15 is 0 Å². The molecule has 0 fully saturated rings. The molecule has 0 aliphatic heterocycles. The molecule has 0 saturated heterocycles. The van der Waals surface area contributed by atoms with Crippen LogP contribution in [0.4, 0.5) is 5.95 Å². The molecule has 0 saturated carbocycles. The van der Waals surface area contributed by atoms with Crippen LogP contribution in [0.2, 0.25) is 0 Å². The number of fused-ring (bicyclic) bond motifs is 1. The Hall–Kier alpha value is -3.42. The number of methoxy groups -OCH3 is 1. The lowest BCUT2D eigenvalue weighted by Crippen LogP contribution is -2.19. The normalized spacial score (nSPS) is 10.3. The predicted octanol–water partition coefficient (Wildman–Crippen LogP) is 5.68. The van der Waals surface area contributed by atoms with Crippen LogP contribution in [0.3, 0.4) is 0 Å². The van der Waals surface area contributed by atoms with Crippen molar-refractivity contribution >= 4 is 29.4 Å². The number of imidazole rings is 1. The molecule has 0 aliphatic rings. The average Bonchev–Trinajstić information content (AvgIpc) is 3.38. The molecule has 0 atom stereocenters. The average molecular weight is 470 g/mol. The summed E-state index contributed by atoms with van der Waals surface area (Å²) in [6.07, 6.45) is 7.82. The summed E-state index contributed by atoms with van der Waals surface area (Å²) in [6, 6.07) is 7.94. The Labute approximate surface area is 203 Å². The molecule has 0 radical (unpaired) electrons. The first-order chi connectivity index (χ1) is 16.4. The maximum atomic E-state index is 12.8. The number of ether oxygens (including phenoxy) is 1. The van der Waals surface area contributed by atoms with Crippen LogP contribution < -0.4 is 5.32 Å². The molecule has 0 spiro atoms. The van der Waals surface area contributed by atoms with Gasteiger partial charge in [0.25, 0.3) is 12.4 Å². The van der Waals surface area contributed by atoms with Crippen molar-refractivity contribution in [1.29, 1.82) is 0 Å². The maximum Gasteiger partial charge on any atom is 0.292 e. The Morgan fingerprint density at radius 1 is 1.09 bits per heavy atom. The highest BCUT2D eigenvalue weighted by atomic mass is 16.5. The van der Waals surface area contributed by atoms with E-state index in [9.17, 15) is 4.79 Å². The van der Waals surface area contributed by atoms with E-state index in [1.54, 1.807) is 10.7 Å². The van der Waals surface area contributed by atoms with Crippen LogP contribution in [0.25, 0.3) is 11.0 Å². The highest BCUT2D eigenvalue weighted by molar-refractivity contribution is 6.03. The van der Waals surface area contributed by atoms with Crippen molar-refractivity contribution in [2.75, 3.05) is 12.4 Å². The van der Waals surface area contributed by atoms with Gasteiger partial charge in [-0.3, -0.25) is 19.6 Å². The Morgan fingerprint density at radius 2 is 1.76 bits per heavy atom. The van der Waals surface area contributed by atoms with Gasteiger partial charge in [0.1, 0.15) is 5.69 Å². The second-order valence-electron chi connectivity index (χ2n) is 7.69. The SMILES string of the molecule is CC/C=C/Cn1c(NC(=O)c2cc(C)nn2CC)nc2cc(C)ccc21.CCCC.COC=O. The fourth-order valence-corrected chi connectivity index (χ4v) is 3.00. The summed E-state index contributed by atoms with van der Waals surface area (Å²) in [5, 5.41) is 7.32. The van der Waals surface area contributed by atoms with E-state index in [0.29, 0.717) is 31.2 Å². The second kappa shape index (κ2) is 15.4. The van der Waals surface area contributed by atoms with E-state index in [4.69, 9.17) is 4.79 Å². The fourth-order valence-electron chi connectivity index (χ4n) is 3.00. The Balaban J connectivity index is 0.000000629. The van der Waals surface area contributed by atoms with Crippen molar-refractivity contribution < 1.29 is 14.3 Å². The Morgan fingerprint density at radius 3 is 2.32 bits per heavy atom. The van der Waals surface area contributed by atoms with Crippen LogP contribution >= 0.6 is 0 Å². The standard InChI is InChI=1S/C20H25N5O.C4H10.C2H4O2/c1-5-7-8-11-24-17-10-9-14(3)12-16(17)21-20(24)22-19(26)18-13-15(4)23-25(18)6-2;1-3-4-2;1-4-2-3/h7-10,12-13H,5-6,11H2,1-4H3,(H,21,22,26);3-4H2,1-2H3;2H,1H3/b8-7+;;. The Kier molecular flexibility index (Phi) is 13.0. The number of hydrogen-bond donors (Lipinski definition) is 1. The van der Waals surface area contributed by atoms with E-state index in [0.717, 1.165) is 28.7 Å². The monoisotopic (exact) mass is 469 g/mol. The second-order valence-corrected chi connectivity index (χ2v) is 7.69. The van der Waals surface area contributed by atoms with Crippen LogP contribution in [0, 0.1) is 13.8 Å². The van der Waals surface area contributed by atoms with Gasteiger partial charge < -0.3 is 9.30 Å². The molecular weight excluding hydrogens is 430 g/mol. The van der Waals surface area contributed by atoms with Crippen molar-refractivity contribution in [2.24, 2.45) is 0 Å². The molecule has 8 nitrogen and oxygen atoms in total. The molecule has 34 heavy (non-hydrogen) atoms. The van der Waals surface area contributed by atoms with Gasteiger partial charge in [-0.05, 0) is 51.0 Å². The molecule has 1 aromatic carbocycles. The lowest BCUT2D eigenvalue weighted by molar-refractivity contribution is -0.126. The third-order valence-corrected chi connectivity index (χ3v) is 4.85. The molecule has 186 valence electrons. The summed E-state index contributed by atoms with van der Waals surface area (Å²) in [4.78, 5) is 26.4. The van der Waals surface area contributed by atoms with Gasteiger partial charge >= 0.3 is 0 Å². The number of nitrogens with zero attached hydrogens (tertiary/aromatic N) is 4. The molecule has 0 bridgehead atoms. The molecule has 2 aromatic heterocycles.